The van der Waals surface area contributed by atoms with Gasteiger partial charge in [0.15, 0.2) is 0 Å². The fourth-order valence-electron chi connectivity index (χ4n) is 1.52. The summed E-state index contributed by atoms with van der Waals surface area (Å²) in [6.07, 6.45) is 4.51. The average molecular weight is 373 g/mol. The number of allylic oxidation sites excluding steroid dienone is 2. The Bertz CT molecular complexity index is 716. The molecule has 2 rings (SSSR count). The molecule has 1 aromatic carbocycles. The van der Waals surface area contributed by atoms with Gasteiger partial charge in [-0.2, -0.15) is 0 Å². The molecule has 1 amide bonds. The lowest BCUT2D eigenvalue weighted by Crippen LogP contribution is -2.29. The van der Waals surface area contributed by atoms with Crippen LogP contribution in [0, 0.1) is 0 Å². The molecule has 0 radical (unpaired) electrons. The molecule has 0 N–H and O–H groups in total. The first-order valence-electron chi connectivity index (χ1n) is 8.72. The number of carbonyl (C=O) groups excluding carboxylic acids is 1. The zero-order chi connectivity index (χ0) is 21.2. The number of carbonyl (C=O) groups is 1. The first-order valence-corrected chi connectivity index (χ1v) is 8.72. The molecule has 0 spiro atoms. The second kappa shape index (κ2) is 16.4. The number of pyridine rings is 1. The van der Waals surface area contributed by atoms with Gasteiger partial charge in [-0.05, 0) is 32.0 Å². The Morgan fingerprint density at radius 2 is 1.56 bits per heavy atom. The molecular formula is C22H32N2O3. The summed E-state index contributed by atoms with van der Waals surface area (Å²) >= 11 is 0. The zero-order valence-electron chi connectivity index (χ0n) is 17.3. The number of hydrogen-bond donors (Lipinski definition) is 0. The Labute approximate surface area is 163 Å². The van der Waals surface area contributed by atoms with E-state index < -0.39 is 6.09 Å². The van der Waals surface area contributed by atoms with Crippen molar-refractivity contribution in [3.63, 3.8) is 0 Å². The third-order valence-electron chi connectivity index (χ3n) is 2.70. The fraction of sp³-hybridized carbons (Fsp3) is 0.273. The average Bonchev–Trinajstić information content (AvgIpc) is 2.68. The molecule has 0 aliphatic rings. The van der Waals surface area contributed by atoms with E-state index in [1.165, 1.54) is 15.5 Å². The highest BCUT2D eigenvalue weighted by atomic mass is 16.6. The van der Waals surface area contributed by atoms with E-state index in [2.05, 4.69) is 13.2 Å². The highest BCUT2D eigenvalue weighted by molar-refractivity contribution is 5.88. The Balaban J connectivity index is 0. The summed E-state index contributed by atoms with van der Waals surface area (Å²) in [6, 6.07) is 12.0. The summed E-state index contributed by atoms with van der Waals surface area (Å²) < 4.78 is 6.54. The van der Waals surface area contributed by atoms with Gasteiger partial charge in [0.05, 0.1) is 0 Å². The quantitative estimate of drug-likeness (QED) is 0.660. The number of rotatable bonds is 2. The van der Waals surface area contributed by atoms with Crippen LogP contribution < -0.4 is 15.2 Å². The molecule has 0 fully saturated rings. The standard InChI is InChI=1S/C14H14N2O3.2C3H6.C2H6/c1-15-9-8-12(10-13(15)17)19-14(18)16(2)11-6-4-3-5-7-11;2*1-3-2;1-2/h3-10H,1-2H3;2*3H,1H2,2H3;1-2H3. The topological polar surface area (TPSA) is 51.5 Å². The minimum absolute atomic E-state index is 0.229. The number of ether oxygens (including phenoxy) is 1. The van der Waals surface area contributed by atoms with E-state index >= 15 is 0 Å². The number of anilines is 1. The van der Waals surface area contributed by atoms with E-state index in [0.29, 0.717) is 0 Å². The van der Waals surface area contributed by atoms with Crippen LogP contribution in [-0.2, 0) is 7.05 Å². The number of aromatic nitrogens is 1. The number of hydrogen-bond acceptors (Lipinski definition) is 3. The SMILES string of the molecule is C=CC.C=CC.CC.CN(C(=O)Oc1ccn(C)c(=O)c1)c1ccccc1. The lowest BCUT2D eigenvalue weighted by Gasteiger charge is -2.16. The van der Waals surface area contributed by atoms with Crippen molar-refractivity contribution in [1.29, 1.82) is 0 Å². The number of para-hydroxylation sites is 1. The van der Waals surface area contributed by atoms with Crippen LogP contribution in [0.4, 0.5) is 10.5 Å². The predicted octanol–water partition coefficient (Wildman–Crippen LogP) is 5.43. The van der Waals surface area contributed by atoms with Gasteiger partial charge in [0, 0.05) is 32.0 Å². The number of benzene rings is 1. The molecule has 0 unspecified atom stereocenters. The van der Waals surface area contributed by atoms with Gasteiger partial charge in [0.2, 0.25) is 0 Å². The van der Waals surface area contributed by atoms with Crippen LogP contribution in [0.1, 0.15) is 27.7 Å². The van der Waals surface area contributed by atoms with Crippen molar-refractivity contribution in [2.45, 2.75) is 27.7 Å². The second-order valence-corrected chi connectivity index (χ2v) is 4.89. The van der Waals surface area contributed by atoms with Gasteiger partial charge in [0.25, 0.3) is 5.56 Å². The predicted molar refractivity (Wildman–Crippen MR) is 116 cm³/mol. The first kappa shape index (κ1) is 26.2. The van der Waals surface area contributed by atoms with E-state index in [0.717, 1.165) is 5.69 Å². The summed E-state index contributed by atoms with van der Waals surface area (Å²) in [4.78, 5) is 24.7. The molecule has 148 valence electrons. The molecule has 5 nitrogen and oxygen atoms in total. The van der Waals surface area contributed by atoms with Crippen LogP contribution in [0.5, 0.6) is 5.75 Å². The summed E-state index contributed by atoms with van der Waals surface area (Å²) in [7, 11) is 3.24. The van der Waals surface area contributed by atoms with E-state index in [-0.39, 0.29) is 11.3 Å². The smallest absolute Gasteiger partial charge is 0.410 e. The van der Waals surface area contributed by atoms with Gasteiger partial charge in [-0.3, -0.25) is 9.69 Å². The lowest BCUT2D eigenvalue weighted by atomic mass is 10.3. The molecule has 0 atom stereocenters. The molecule has 27 heavy (non-hydrogen) atoms. The molecule has 0 saturated heterocycles. The number of aryl methyl sites for hydroxylation is 1. The van der Waals surface area contributed by atoms with Crippen LogP contribution in [-0.4, -0.2) is 17.7 Å². The summed E-state index contributed by atoms with van der Waals surface area (Å²) in [5.74, 6) is 0.232. The highest BCUT2D eigenvalue weighted by Gasteiger charge is 2.13. The minimum Gasteiger partial charge on any atom is -0.410 e. The van der Waals surface area contributed by atoms with Crippen molar-refractivity contribution in [3.8, 4) is 5.75 Å². The molecular weight excluding hydrogens is 340 g/mol. The van der Waals surface area contributed by atoms with E-state index in [1.54, 1.807) is 50.6 Å². The van der Waals surface area contributed by atoms with Crippen molar-refractivity contribution in [3.05, 3.63) is 84.3 Å². The van der Waals surface area contributed by atoms with Crippen molar-refractivity contribution in [1.82, 2.24) is 4.57 Å². The van der Waals surface area contributed by atoms with Crippen molar-refractivity contribution in [2.24, 2.45) is 7.05 Å². The number of nitrogens with zero attached hydrogens (tertiary/aromatic N) is 2. The third kappa shape index (κ3) is 11.2. The summed E-state index contributed by atoms with van der Waals surface area (Å²) in [6.45, 7) is 14.5. The van der Waals surface area contributed by atoms with Gasteiger partial charge >= 0.3 is 6.09 Å². The lowest BCUT2D eigenvalue weighted by molar-refractivity contribution is 0.209. The van der Waals surface area contributed by atoms with Gasteiger partial charge in [0.1, 0.15) is 5.75 Å². The normalized spacial score (nSPS) is 8.22. The van der Waals surface area contributed by atoms with Crippen LogP contribution in [0.3, 0.4) is 0 Å². The zero-order valence-corrected chi connectivity index (χ0v) is 17.3. The molecule has 2 aromatic rings. The molecule has 0 aliphatic carbocycles. The molecule has 0 bridgehead atoms. The Morgan fingerprint density at radius 1 is 1.07 bits per heavy atom. The van der Waals surface area contributed by atoms with Crippen molar-refractivity contribution >= 4 is 11.8 Å². The van der Waals surface area contributed by atoms with Crippen LogP contribution in [0.15, 0.2) is 78.8 Å². The van der Waals surface area contributed by atoms with E-state index in [1.807, 2.05) is 45.9 Å². The summed E-state index contributed by atoms with van der Waals surface area (Å²) in [5, 5.41) is 0. The summed E-state index contributed by atoms with van der Waals surface area (Å²) in [5.41, 5.74) is 0.490. The van der Waals surface area contributed by atoms with Crippen LogP contribution >= 0.6 is 0 Å². The highest BCUT2D eigenvalue weighted by Crippen LogP contribution is 2.14. The van der Waals surface area contributed by atoms with Crippen molar-refractivity contribution in [2.75, 3.05) is 11.9 Å². The molecule has 1 heterocycles. The van der Waals surface area contributed by atoms with Gasteiger partial charge in [-0.15, -0.1) is 13.2 Å². The van der Waals surface area contributed by atoms with E-state index in [4.69, 9.17) is 4.74 Å². The van der Waals surface area contributed by atoms with Crippen molar-refractivity contribution < 1.29 is 9.53 Å². The molecule has 1 aromatic heterocycles. The van der Waals surface area contributed by atoms with Gasteiger partial charge < -0.3 is 9.30 Å². The fourth-order valence-corrected chi connectivity index (χ4v) is 1.52. The maximum atomic E-state index is 11.9. The molecule has 0 aliphatic heterocycles. The number of amides is 1. The Kier molecular flexibility index (Phi) is 15.9. The maximum absolute atomic E-state index is 11.9. The van der Waals surface area contributed by atoms with E-state index in [9.17, 15) is 9.59 Å². The maximum Gasteiger partial charge on any atom is 0.419 e. The van der Waals surface area contributed by atoms with Crippen LogP contribution in [0.2, 0.25) is 0 Å². The van der Waals surface area contributed by atoms with Gasteiger partial charge in [-0.25, -0.2) is 4.79 Å². The second-order valence-electron chi connectivity index (χ2n) is 4.89. The first-order chi connectivity index (χ1) is 12.9. The Morgan fingerprint density at radius 3 is 2.00 bits per heavy atom. The largest absolute Gasteiger partial charge is 0.419 e. The monoisotopic (exact) mass is 372 g/mol. The molecule has 0 saturated carbocycles. The minimum atomic E-state index is -0.542. The third-order valence-corrected chi connectivity index (χ3v) is 2.70. The van der Waals surface area contributed by atoms with Crippen LogP contribution in [0.25, 0.3) is 0 Å². The van der Waals surface area contributed by atoms with Gasteiger partial charge in [-0.1, -0.05) is 44.2 Å². The Hall–Kier alpha value is -3.08. The molecule has 5 heteroatoms.